The summed E-state index contributed by atoms with van der Waals surface area (Å²) in [5.74, 6) is 1.51. The molecule has 1 aromatic rings. The molecular formula is C20H29NO. The molecule has 4 rings (SSSR count). The minimum atomic E-state index is 0.241. The Balaban J connectivity index is 1.66. The van der Waals surface area contributed by atoms with Gasteiger partial charge in [0.05, 0.1) is 6.10 Å². The second-order valence-electron chi connectivity index (χ2n) is 8.24. The number of benzene rings is 1. The molecule has 1 aromatic carbocycles. The first-order valence-electron chi connectivity index (χ1n) is 9.04. The van der Waals surface area contributed by atoms with Crippen LogP contribution in [0.5, 0.6) is 0 Å². The summed E-state index contributed by atoms with van der Waals surface area (Å²) in [5.41, 5.74) is 3.27. The maximum absolute atomic E-state index is 6.64. The molecular weight excluding hydrogens is 270 g/mol. The first-order chi connectivity index (χ1) is 10.6. The molecule has 2 fully saturated rings. The third-order valence-corrected chi connectivity index (χ3v) is 6.50. The highest BCUT2D eigenvalue weighted by molar-refractivity contribution is 5.29. The van der Waals surface area contributed by atoms with Crippen molar-refractivity contribution in [2.75, 3.05) is 0 Å². The average molecular weight is 299 g/mol. The topological polar surface area (TPSA) is 12.5 Å². The van der Waals surface area contributed by atoms with Crippen LogP contribution in [-0.2, 0) is 17.7 Å². The van der Waals surface area contributed by atoms with Crippen LogP contribution in [0.4, 0.5) is 0 Å². The molecule has 0 bridgehead atoms. The van der Waals surface area contributed by atoms with Crippen LogP contribution in [0.15, 0.2) is 24.3 Å². The highest BCUT2D eigenvalue weighted by atomic mass is 16.5. The van der Waals surface area contributed by atoms with Crippen molar-refractivity contribution < 1.29 is 4.74 Å². The molecule has 0 amide bonds. The zero-order valence-electron chi connectivity index (χ0n) is 14.2. The van der Waals surface area contributed by atoms with Gasteiger partial charge in [-0.15, -0.1) is 0 Å². The number of nitrogens with zero attached hydrogens (tertiary/aromatic N) is 1. The van der Waals surface area contributed by atoms with Gasteiger partial charge in [0.2, 0.25) is 0 Å². The first-order valence-corrected chi connectivity index (χ1v) is 9.04. The van der Waals surface area contributed by atoms with E-state index in [0.29, 0.717) is 18.2 Å². The third-order valence-electron chi connectivity index (χ3n) is 6.50. The molecule has 0 aromatic heterocycles. The predicted octanol–water partition coefficient (Wildman–Crippen LogP) is 4.37. The number of hydrogen-bond acceptors (Lipinski definition) is 2. The van der Waals surface area contributed by atoms with Gasteiger partial charge < -0.3 is 4.74 Å². The summed E-state index contributed by atoms with van der Waals surface area (Å²) in [6, 6.07) is 8.97. The Morgan fingerprint density at radius 2 is 1.86 bits per heavy atom. The number of fused-ring (bicyclic) bond motifs is 3. The Bertz CT molecular complexity index is 552. The van der Waals surface area contributed by atoms with Gasteiger partial charge in [-0.1, -0.05) is 37.6 Å². The summed E-state index contributed by atoms with van der Waals surface area (Å²) in [6.45, 7) is 8.36. The van der Waals surface area contributed by atoms with Gasteiger partial charge in [0.25, 0.3) is 0 Å². The highest BCUT2D eigenvalue weighted by Gasteiger charge is 2.50. The molecule has 3 aliphatic rings. The highest BCUT2D eigenvalue weighted by Crippen LogP contribution is 2.47. The Morgan fingerprint density at radius 1 is 1.09 bits per heavy atom. The summed E-state index contributed by atoms with van der Waals surface area (Å²) >= 11 is 0. The van der Waals surface area contributed by atoms with Crippen molar-refractivity contribution in [3.63, 3.8) is 0 Å². The van der Waals surface area contributed by atoms with Crippen LogP contribution in [0.3, 0.4) is 0 Å². The van der Waals surface area contributed by atoms with Crippen LogP contribution in [0.2, 0.25) is 0 Å². The smallest absolute Gasteiger partial charge is 0.112 e. The fourth-order valence-corrected chi connectivity index (χ4v) is 5.09. The zero-order chi connectivity index (χ0) is 15.3. The monoisotopic (exact) mass is 299 g/mol. The van der Waals surface area contributed by atoms with Crippen molar-refractivity contribution in [1.29, 1.82) is 0 Å². The number of aryl methyl sites for hydroxylation is 1. The first kappa shape index (κ1) is 14.7. The summed E-state index contributed by atoms with van der Waals surface area (Å²) in [4.78, 5) is 2.66. The van der Waals surface area contributed by atoms with Gasteiger partial charge in [-0.05, 0) is 56.6 Å². The van der Waals surface area contributed by atoms with Gasteiger partial charge in [-0.25, -0.2) is 0 Å². The van der Waals surface area contributed by atoms with E-state index in [1.54, 1.807) is 0 Å². The Morgan fingerprint density at radius 3 is 2.68 bits per heavy atom. The van der Waals surface area contributed by atoms with Crippen molar-refractivity contribution in [2.45, 2.75) is 77.3 Å². The maximum atomic E-state index is 6.64. The summed E-state index contributed by atoms with van der Waals surface area (Å²) in [6.07, 6.45) is 7.01. The van der Waals surface area contributed by atoms with E-state index < -0.39 is 0 Å². The van der Waals surface area contributed by atoms with Crippen LogP contribution in [0.25, 0.3) is 0 Å². The van der Waals surface area contributed by atoms with Gasteiger partial charge in [0.1, 0.15) is 6.23 Å². The second kappa shape index (κ2) is 5.35. The number of ether oxygens (including phenoxy) is 1. The number of rotatable bonds is 0. The SMILES string of the molecule is C[C@@H]1CC[C@@H]2[C@@H](C1)O[C@H]1CCc3ccccc3CN1C2(C)C. The van der Waals surface area contributed by atoms with Gasteiger partial charge in [0, 0.05) is 18.0 Å². The molecule has 22 heavy (non-hydrogen) atoms. The lowest BCUT2D eigenvalue weighted by Gasteiger charge is -2.57. The molecule has 0 spiro atoms. The Kier molecular flexibility index (Phi) is 3.58. The van der Waals surface area contributed by atoms with Crippen molar-refractivity contribution in [3.8, 4) is 0 Å². The molecule has 120 valence electrons. The van der Waals surface area contributed by atoms with E-state index >= 15 is 0 Å². The van der Waals surface area contributed by atoms with Gasteiger partial charge in [-0.3, -0.25) is 4.90 Å². The largest absolute Gasteiger partial charge is 0.360 e. The van der Waals surface area contributed by atoms with E-state index in [1.807, 2.05) is 0 Å². The van der Waals surface area contributed by atoms with Gasteiger partial charge in [-0.2, -0.15) is 0 Å². The second-order valence-corrected chi connectivity index (χ2v) is 8.24. The van der Waals surface area contributed by atoms with Crippen LogP contribution in [0.1, 0.15) is 57.6 Å². The van der Waals surface area contributed by atoms with Crippen LogP contribution >= 0.6 is 0 Å². The molecule has 0 unspecified atom stereocenters. The van der Waals surface area contributed by atoms with Crippen LogP contribution in [-0.4, -0.2) is 22.8 Å². The fourth-order valence-electron chi connectivity index (χ4n) is 5.09. The zero-order valence-corrected chi connectivity index (χ0v) is 14.2. The third kappa shape index (κ3) is 2.32. The van der Waals surface area contributed by atoms with E-state index in [2.05, 4.69) is 49.9 Å². The molecule has 0 N–H and O–H groups in total. The molecule has 4 atom stereocenters. The van der Waals surface area contributed by atoms with E-state index in [9.17, 15) is 0 Å². The van der Waals surface area contributed by atoms with E-state index in [0.717, 1.165) is 25.3 Å². The van der Waals surface area contributed by atoms with Gasteiger partial charge in [0.15, 0.2) is 0 Å². The van der Waals surface area contributed by atoms with Gasteiger partial charge >= 0.3 is 0 Å². The van der Waals surface area contributed by atoms with E-state index in [1.165, 1.54) is 30.4 Å². The standard InChI is InChI=1S/C20H29NO/c1-14-8-10-17-18(12-14)22-19-11-9-15-6-4-5-7-16(15)13-21(19)20(17,2)3/h4-7,14,17-19H,8-13H2,1-3H3/t14-,17-,18-,19+/m1/s1. The molecule has 0 radical (unpaired) electrons. The summed E-state index contributed by atoms with van der Waals surface area (Å²) < 4.78 is 6.64. The Hall–Kier alpha value is -0.860. The molecule has 1 aliphatic carbocycles. The van der Waals surface area contributed by atoms with E-state index in [-0.39, 0.29) is 5.54 Å². The van der Waals surface area contributed by atoms with Crippen LogP contribution in [0, 0.1) is 11.8 Å². The molecule has 1 saturated heterocycles. The normalized spacial score (nSPS) is 37.6. The lowest BCUT2D eigenvalue weighted by Crippen LogP contribution is -2.63. The summed E-state index contributed by atoms with van der Waals surface area (Å²) in [5, 5.41) is 0. The fraction of sp³-hybridized carbons (Fsp3) is 0.700. The van der Waals surface area contributed by atoms with E-state index in [4.69, 9.17) is 4.74 Å². The lowest BCUT2D eigenvalue weighted by atomic mass is 9.69. The van der Waals surface area contributed by atoms with Crippen molar-refractivity contribution in [1.82, 2.24) is 4.90 Å². The maximum Gasteiger partial charge on any atom is 0.112 e. The Labute approximate surface area is 134 Å². The van der Waals surface area contributed by atoms with Crippen molar-refractivity contribution >= 4 is 0 Å². The predicted molar refractivity (Wildman–Crippen MR) is 89.6 cm³/mol. The molecule has 2 heterocycles. The minimum absolute atomic E-state index is 0.241. The van der Waals surface area contributed by atoms with Crippen LogP contribution < -0.4 is 0 Å². The quantitative estimate of drug-likeness (QED) is 0.705. The molecule has 1 saturated carbocycles. The molecule has 2 aliphatic heterocycles. The minimum Gasteiger partial charge on any atom is -0.360 e. The average Bonchev–Trinajstić information content (AvgIpc) is 2.67. The number of hydrogen-bond donors (Lipinski definition) is 0. The van der Waals surface area contributed by atoms with Crippen molar-refractivity contribution in [3.05, 3.63) is 35.4 Å². The summed E-state index contributed by atoms with van der Waals surface area (Å²) in [7, 11) is 0. The molecule has 2 heteroatoms. The molecule has 2 nitrogen and oxygen atoms in total. The lowest BCUT2D eigenvalue weighted by molar-refractivity contribution is -0.237. The van der Waals surface area contributed by atoms with Crippen molar-refractivity contribution in [2.24, 2.45) is 11.8 Å².